The predicted molar refractivity (Wildman–Crippen MR) is 96.7 cm³/mol. The largest absolute Gasteiger partial charge is 0.492 e. The van der Waals surface area contributed by atoms with Gasteiger partial charge in [-0.25, -0.2) is 4.99 Å². The van der Waals surface area contributed by atoms with Crippen molar-refractivity contribution in [3.8, 4) is 5.75 Å². The summed E-state index contributed by atoms with van der Waals surface area (Å²) in [6.45, 7) is 3.71. The topological polar surface area (TPSA) is 123 Å². The van der Waals surface area contributed by atoms with E-state index < -0.39 is 23.9 Å². The maximum absolute atomic E-state index is 12.1. The molecular weight excluding hydrogens is 376 g/mol. The van der Waals surface area contributed by atoms with Crippen molar-refractivity contribution >= 4 is 41.0 Å². The van der Waals surface area contributed by atoms with Crippen LogP contribution in [0.25, 0.3) is 0 Å². The molecule has 27 heavy (non-hydrogen) atoms. The molecule has 0 aromatic heterocycles. The van der Waals surface area contributed by atoms with Crippen molar-refractivity contribution in [1.29, 1.82) is 0 Å². The Bertz CT molecular complexity index is 841. The molecule has 2 amide bonds. The molecule has 0 aliphatic carbocycles. The van der Waals surface area contributed by atoms with Crippen LogP contribution in [-0.4, -0.2) is 47.9 Å². The third-order valence-corrected chi connectivity index (χ3v) is 4.70. The molecule has 3 rings (SSSR count). The lowest BCUT2D eigenvalue weighted by molar-refractivity contribution is -0.141. The Hall–Kier alpha value is -2.81. The van der Waals surface area contributed by atoms with Crippen molar-refractivity contribution in [2.75, 3.05) is 13.2 Å². The van der Waals surface area contributed by atoms with Gasteiger partial charge in [0.1, 0.15) is 5.75 Å². The van der Waals surface area contributed by atoms with Gasteiger partial charge in [0.05, 0.1) is 30.0 Å². The van der Waals surface area contributed by atoms with E-state index in [9.17, 15) is 14.4 Å². The second kappa shape index (κ2) is 7.43. The van der Waals surface area contributed by atoms with Crippen molar-refractivity contribution in [1.82, 2.24) is 10.2 Å². The number of primary amides is 1. The summed E-state index contributed by atoms with van der Waals surface area (Å²) in [5.41, 5.74) is 6.59. The summed E-state index contributed by atoms with van der Waals surface area (Å²) >= 11 is 6.51. The first kappa shape index (κ1) is 19.0. The van der Waals surface area contributed by atoms with E-state index in [1.807, 2.05) is 0 Å². The molecular formula is C17H19ClN4O5. The number of amides is 2. The number of aliphatic imine (C=N–C) groups is 1. The van der Waals surface area contributed by atoms with E-state index in [0.717, 1.165) is 0 Å². The van der Waals surface area contributed by atoms with Gasteiger partial charge < -0.3 is 20.1 Å². The second-order valence-electron chi connectivity index (χ2n) is 6.17. The maximum Gasteiger partial charge on any atom is 0.302 e. The van der Waals surface area contributed by atoms with Gasteiger partial charge >= 0.3 is 5.97 Å². The molecule has 0 bridgehead atoms. The molecule has 0 spiro atoms. The number of hydrogen-bond acceptors (Lipinski definition) is 7. The number of nitrogens with two attached hydrogens (primary N) is 1. The molecule has 2 unspecified atom stereocenters. The van der Waals surface area contributed by atoms with E-state index in [4.69, 9.17) is 26.8 Å². The van der Waals surface area contributed by atoms with Crippen LogP contribution in [0.4, 0.5) is 5.69 Å². The van der Waals surface area contributed by atoms with E-state index in [2.05, 4.69) is 10.3 Å². The van der Waals surface area contributed by atoms with Crippen LogP contribution < -0.4 is 15.8 Å². The summed E-state index contributed by atoms with van der Waals surface area (Å²) in [4.78, 5) is 40.4. The summed E-state index contributed by atoms with van der Waals surface area (Å²) in [6, 6.07) is 1.85. The van der Waals surface area contributed by atoms with Crippen molar-refractivity contribution in [3.63, 3.8) is 0 Å². The van der Waals surface area contributed by atoms with Gasteiger partial charge in [-0.3, -0.25) is 19.7 Å². The van der Waals surface area contributed by atoms with Crippen LogP contribution in [0.2, 0.25) is 5.02 Å². The molecule has 0 radical (unpaired) electrons. The first-order valence-corrected chi connectivity index (χ1v) is 8.74. The van der Waals surface area contributed by atoms with Crippen molar-refractivity contribution < 1.29 is 23.9 Å². The molecule has 2 aliphatic rings. The van der Waals surface area contributed by atoms with Crippen LogP contribution in [-0.2, 0) is 19.1 Å². The molecule has 9 nitrogen and oxygen atoms in total. The van der Waals surface area contributed by atoms with Gasteiger partial charge in [-0.05, 0) is 19.1 Å². The van der Waals surface area contributed by atoms with Crippen LogP contribution in [0.1, 0.15) is 31.9 Å². The maximum atomic E-state index is 12.1. The molecule has 1 aromatic carbocycles. The average molecular weight is 395 g/mol. The van der Waals surface area contributed by atoms with E-state index in [-0.39, 0.29) is 18.5 Å². The van der Waals surface area contributed by atoms with Crippen LogP contribution in [0.3, 0.4) is 0 Å². The fraction of sp³-hybridized carbons (Fsp3) is 0.412. The summed E-state index contributed by atoms with van der Waals surface area (Å²) in [7, 11) is 0. The number of rotatable bonds is 6. The van der Waals surface area contributed by atoms with Crippen molar-refractivity contribution in [3.05, 3.63) is 22.7 Å². The molecule has 2 heterocycles. The fourth-order valence-electron chi connectivity index (χ4n) is 3.13. The van der Waals surface area contributed by atoms with Crippen LogP contribution >= 0.6 is 11.6 Å². The minimum Gasteiger partial charge on any atom is -0.492 e. The third kappa shape index (κ3) is 3.55. The minimum absolute atomic E-state index is 0.254. The molecule has 3 N–H and O–H groups in total. The Labute approximate surface area is 160 Å². The number of carbonyl (C=O) groups excluding carboxylic acids is 3. The quantitative estimate of drug-likeness (QED) is 0.422. The van der Waals surface area contributed by atoms with Crippen LogP contribution in [0, 0.1) is 0 Å². The lowest BCUT2D eigenvalue weighted by atomic mass is 10.0. The van der Waals surface area contributed by atoms with Crippen LogP contribution in [0.5, 0.6) is 5.75 Å². The van der Waals surface area contributed by atoms with Gasteiger partial charge in [0.25, 0.3) is 5.91 Å². The SMILES string of the molecule is CC(=O)OCCCOc1ccc2c(c1Cl)C(C)N1C(=N2)NC(=O)C1C(N)=O. The first-order valence-electron chi connectivity index (χ1n) is 8.37. The number of carbonyl (C=O) groups is 3. The monoisotopic (exact) mass is 394 g/mol. The molecule has 1 saturated heterocycles. The highest BCUT2D eigenvalue weighted by molar-refractivity contribution is 6.33. The molecule has 1 aromatic rings. The number of nitrogens with one attached hydrogen (secondary N) is 1. The van der Waals surface area contributed by atoms with E-state index in [1.54, 1.807) is 19.1 Å². The highest BCUT2D eigenvalue weighted by Gasteiger charge is 2.46. The first-order chi connectivity index (χ1) is 12.8. The Kier molecular flexibility index (Phi) is 5.22. The number of ether oxygens (including phenoxy) is 2. The highest BCUT2D eigenvalue weighted by Crippen LogP contribution is 2.44. The zero-order chi connectivity index (χ0) is 19.7. The Balaban J connectivity index is 1.81. The Morgan fingerprint density at radius 1 is 1.37 bits per heavy atom. The van der Waals surface area contributed by atoms with Crippen molar-refractivity contribution in [2.45, 2.75) is 32.4 Å². The number of fused-ring (bicyclic) bond motifs is 2. The highest BCUT2D eigenvalue weighted by atomic mass is 35.5. The van der Waals surface area contributed by atoms with E-state index >= 15 is 0 Å². The number of nitrogens with zero attached hydrogens (tertiary/aromatic N) is 2. The van der Waals surface area contributed by atoms with Gasteiger partial charge in [-0.2, -0.15) is 0 Å². The molecule has 10 heteroatoms. The molecule has 0 saturated carbocycles. The Morgan fingerprint density at radius 3 is 2.78 bits per heavy atom. The third-order valence-electron chi connectivity index (χ3n) is 4.31. The predicted octanol–water partition coefficient (Wildman–Crippen LogP) is 1.02. The number of hydrogen-bond donors (Lipinski definition) is 2. The molecule has 144 valence electrons. The molecule has 2 aliphatic heterocycles. The second-order valence-corrected chi connectivity index (χ2v) is 6.54. The molecule has 2 atom stereocenters. The Morgan fingerprint density at radius 2 is 2.11 bits per heavy atom. The van der Waals surface area contributed by atoms with Crippen LogP contribution in [0.15, 0.2) is 17.1 Å². The van der Waals surface area contributed by atoms with E-state index in [0.29, 0.717) is 35.1 Å². The molecule has 1 fully saturated rings. The standard InChI is InChI=1S/C17H19ClN4O5/c1-8-12-10(20-17-21-16(25)14(15(19)24)22(8)17)4-5-11(13(12)18)27-7-3-6-26-9(2)23/h4-5,8,14H,3,6-7H2,1-2H3,(H2,19,24)(H,20,21,25). The summed E-state index contributed by atoms with van der Waals surface area (Å²) in [5, 5.41) is 2.92. The summed E-state index contributed by atoms with van der Waals surface area (Å²) < 4.78 is 10.5. The van der Waals surface area contributed by atoms with Gasteiger partial charge in [0.15, 0.2) is 6.04 Å². The number of benzene rings is 1. The van der Waals surface area contributed by atoms with E-state index in [1.165, 1.54) is 11.8 Å². The number of guanidine groups is 1. The van der Waals surface area contributed by atoms with Gasteiger partial charge in [-0.15, -0.1) is 0 Å². The average Bonchev–Trinajstić information content (AvgIpc) is 2.92. The lowest BCUT2D eigenvalue weighted by Gasteiger charge is -2.33. The van der Waals surface area contributed by atoms with Gasteiger partial charge in [0, 0.05) is 18.9 Å². The normalized spacial score (nSPS) is 20.3. The van der Waals surface area contributed by atoms with Gasteiger partial charge in [-0.1, -0.05) is 11.6 Å². The number of esters is 1. The summed E-state index contributed by atoms with van der Waals surface area (Å²) in [6.07, 6.45) is 0.513. The van der Waals surface area contributed by atoms with Crippen molar-refractivity contribution in [2.24, 2.45) is 10.7 Å². The minimum atomic E-state index is -1.14. The number of halogens is 1. The fourth-order valence-corrected chi connectivity index (χ4v) is 3.50. The van der Waals surface area contributed by atoms with Gasteiger partial charge in [0.2, 0.25) is 11.9 Å². The lowest BCUT2D eigenvalue weighted by Crippen LogP contribution is -2.47. The zero-order valence-corrected chi connectivity index (χ0v) is 15.6. The zero-order valence-electron chi connectivity index (χ0n) is 14.8. The summed E-state index contributed by atoms with van der Waals surface area (Å²) in [5.74, 6) is -0.907. The smallest absolute Gasteiger partial charge is 0.302 e.